The Morgan fingerprint density at radius 3 is 2.50 bits per heavy atom. The van der Waals surface area contributed by atoms with Gasteiger partial charge in [-0.15, -0.1) is 0 Å². The normalized spacial score (nSPS) is 14.2. The number of hydrogen-bond acceptors (Lipinski definition) is 3. The van der Waals surface area contributed by atoms with E-state index < -0.39 is 12.1 Å². The summed E-state index contributed by atoms with van der Waals surface area (Å²) in [5.41, 5.74) is 0. The van der Waals surface area contributed by atoms with Gasteiger partial charge in [-0.3, -0.25) is 9.59 Å². The van der Waals surface area contributed by atoms with Crippen molar-refractivity contribution in [1.82, 2.24) is 5.32 Å². The molecule has 16 heavy (non-hydrogen) atoms. The van der Waals surface area contributed by atoms with E-state index in [9.17, 15) is 9.59 Å². The third-order valence-electron chi connectivity index (χ3n) is 2.41. The molecule has 2 atom stereocenters. The first-order chi connectivity index (χ1) is 7.51. The number of aliphatic carboxylic acids is 1. The van der Waals surface area contributed by atoms with Crippen molar-refractivity contribution in [2.24, 2.45) is 5.92 Å². The first-order valence-electron chi connectivity index (χ1n) is 5.53. The van der Waals surface area contributed by atoms with Gasteiger partial charge in [0.25, 0.3) is 0 Å². The second-order valence-corrected chi connectivity index (χ2v) is 3.89. The molecular weight excluding hydrogens is 210 g/mol. The molecule has 0 aliphatic carbocycles. The van der Waals surface area contributed by atoms with Crippen molar-refractivity contribution in [2.45, 2.75) is 39.2 Å². The van der Waals surface area contributed by atoms with E-state index in [1.807, 2.05) is 13.8 Å². The molecule has 0 aromatic rings. The molecule has 0 bridgehead atoms. The number of nitrogens with one attached hydrogen (secondary N) is 1. The van der Waals surface area contributed by atoms with Gasteiger partial charge < -0.3 is 15.2 Å². The molecule has 0 aliphatic heterocycles. The molecule has 5 nitrogen and oxygen atoms in total. The first kappa shape index (κ1) is 14.9. The van der Waals surface area contributed by atoms with Crippen LogP contribution in [0, 0.1) is 5.92 Å². The van der Waals surface area contributed by atoms with E-state index in [2.05, 4.69) is 5.32 Å². The monoisotopic (exact) mass is 231 g/mol. The molecule has 0 saturated heterocycles. The van der Waals surface area contributed by atoms with Crippen molar-refractivity contribution in [3.8, 4) is 0 Å². The predicted octanol–water partition coefficient (Wildman–Crippen LogP) is 1.03. The lowest BCUT2D eigenvalue weighted by Crippen LogP contribution is -2.37. The fourth-order valence-corrected chi connectivity index (χ4v) is 1.39. The number of hydrogen-bond donors (Lipinski definition) is 2. The highest BCUT2D eigenvalue weighted by atomic mass is 16.5. The summed E-state index contributed by atoms with van der Waals surface area (Å²) in [6.07, 6.45) is 1.23. The molecule has 0 aromatic carbocycles. The van der Waals surface area contributed by atoms with Crippen LogP contribution < -0.4 is 5.32 Å². The van der Waals surface area contributed by atoms with E-state index in [1.54, 1.807) is 0 Å². The lowest BCUT2D eigenvalue weighted by Gasteiger charge is -2.16. The third kappa shape index (κ3) is 6.40. The van der Waals surface area contributed by atoms with Crippen LogP contribution in [-0.2, 0) is 14.3 Å². The summed E-state index contributed by atoms with van der Waals surface area (Å²) < 4.78 is 4.96. The Morgan fingerprint density at radius 1 is 1.44 bits per heavy atom. The standard InChI is InChI=1S/C11H21NO4/c1-4-5-8(2)11(15)12-7-9(16-3)6-10(13)14/h8-9H,4-7H2,1-3H3,(H,12,15)(H,13,14). The van der Waals surface area contributed by atoms with Crippen molar-refractivity contribution in [2.75, 3.05) is 13.7 Å². The highest BCUT2D eigenvalue weighted by molar-refractivity contribution is 5.78. The zero-order valence-electron chi connectivity index (χ0n) is 10.2. The second-order valence-electron chi connectivity index (χ2n) is 3.89. The van der Waals surface area contributed by atoms with E-state index >= 15 is 0 Å². The fourth-order valence-electron chi connectivity index (χ4n) is 1.39. The summed E-state index contributed by atoms with van der Waals surface area (Å²) in [7, 11) is 1.44. The van der Waals surface area contributed by atoms with Crippen LogP contribution >= 0.6 is 0 Å². The van der Waals surface area contributed by atoms with Crippen LogP contribution in [0.3, 0.4) is 0 Å². The van der Waals surface area contributed by atoms with Gasteiger partial charge in [0, 0.05) is 19.6 Å². The molecule has 1 amide bonds. The molecule has 0 spiro atoms. The van der Waals surface area contributed by atoms with E-state index in [1.165, 1.54) is 7.11 Å². The molecule has 0 fully saturated rings. The van der Waals surface area contributed by atoms with Crippen molar-refractivity contribution >= 4 is 11.9 Å². The van der Waals surface area contributed by atoms with Gasteiger partial charge in [-0.05, 0) is 6.42 Å². The Bertz CT molecular complexity index is 230. The maximum Gasteiger partial charge on any atom is 0.306 e. The van der Waals surface area contributed by atoms with E-state index in [4.69, 9.17) is 9.84 Å². The van der Waals surface area contributed by atoms with Crippen LogP contribution in [0.5, 0.6) is 0 Å². The minimum Gasteiger partial charge on any atom is -0.481 e. The van der Waals surface area contributed by atoms with Crippen molar-refractivity contribution in [1.29, 1.82) is 0 Å². The molecule has 0 rings (SSSR count). The average molecular weight is 231 g/mol. The minimum absolute atomic E-state index is 0.0349. The van der Waals surface area contributed by atoms with Crippen molar-refractivity contribution in [3.63, 3.8) is 0 Å². The number of ether oxygens (including phenoxy) is 1. The number of carbonyl (C=O) groups is 2. The summed E-state index contributed by atoms with van der Waals surface area (Å²) in [6, 6.07) is 0. The number of amides is 1. The summed E-state index contributed by atoms with van der Waals surface area (Å²) in [5, 5.41) is 11.3. The molecule has 0 aromatic heterocycles. The average Bonchev–Trinajstić information content (AvgIpc) is 2.23. The largest absolute Gasteiger partial charge is 0.481 e. The highest BCUT2D eigenvalue weighted by Gasteiger charge is 2.16. The maximum absolute atomic E-state index is 11.5. The van der Waals surface area contributed by atoms with Crippen molar-refractivity contribution in [3.05, 3.63) is 0 Å². The zero-order chi connectivity index (χ0) is 12.6. The van der Waals surface area contributed by atoms with Crippen LogP contribution in [0.4, 0.5) is 0 Å². The van der Waals surface area contributed by atoms with Crippen LogP contribution in [0.2, 0.25) is 0 Å². The Kier molecular flexibility index (Phi) is 7.54. The van der Waals surface area contributed by atoms with Gasteiger partial charge in [0.05, 0.1) is 12.5 Å². The third-order valence-corrected chi connectivity index (χ3v) is 2.41. The smallest absolute Gasteiger partial charge is 0.306 e. The molecule has 0 saturated carbocycles. The number of carboxylic acid groups (broad SMARTS) is 1. The Morgan fingerprint density at radius 2 is 2.06 bits per heavy atom. The Balaban J connectivity index is 3.91. The lowest BCUT2D eigenvalue weighted by molar-refractivity contribution is -0.140. The van der Waals surface area contributed by atoms with Gasteiger partial charge in [0.15, 0.2) is 0 Å². The summed E-state index contributed by atoms with van der Waals surface area (Å²) in [6.45, 7) is 4.12. The van der Waals surface area contributed by atoms with Gasteiger partial charge in [0.1, 0.15) is 0 Å². The number of methoxy groups -OCH3 is 1. The molecule has 2 unspecified atom stereocenters. The molecular formula is C11H21NO4. The van der Waals surface area contributed by atoms with Gasteiger partial charge in [-0.25, -0.2) is 0 Å². The van der Waals surface area contributed by atoms with Crippen LogP contribution in [0.25, 0.3) is 0 Å². The van der Waals surface area contributed by atoms with Crippen LogP contribution in [0.15, 0.2) is 0 Å². The zero-order valence-corrected chi connectivity index (χ0v) is 10.2. The number of rotatable bonds is 8. The second kappa shape index (κ2) is 8.10. The maximum atomic E-state index is 11.5. The summed E-state index contributed by atoms with van der Waals surface area (Å²) in [4.78, 5) is 22.0. The molecule has 0 aliphatic rings. The lowest BCUT2D eigenvalue weighted by atomic mass is 10.1. The van der Waals surface area contributed by atoms with Crippen LogP contribution in [0.1, 0.15) is 33.1 Å². The van der Waals surface area contributed by atoms with Crippen molar-refractivity contribution < 1.29 is 19.4 Å². The molecule has 5 heteroatoms. The number of carbonyl (C=O) groups excluding carboxylic acids is 1. The Labute approximate surface area is 96.2 Å². The quantitative estimate of drug-likeness (QED) is 0.654. The van der Waals surface area contributed by atoms with Gasteiger partial charge in [0.2, 0.25) is 5.91 Å². The summed E-state index contributed by atoms with van der Waals surface area (Å²) >= 11 is 0. The highest BCUT2D eigenvalue weighted by Crippen LogP contribution is 2.05. The van der Waals surface area contributed by atoms with Gasteiger partial charge in [-0.2, -0.15) is 0 Å². The first-order valence-corrected chi connectivity index (χ1v) is 5.53. The van der Waals surface area contributed by atoms with Crippen LogP contribution in [-0.4, -0.2) is 36.7 Å². The van der Waals surface area contributed by atoms with Gasteiger partial charge in [-0.1, -0.05) is 20.3 Å². The summed E-state index contributed by atoms with van der Waals surface area (Å²) in [5.74, 6) is -1.01. The molecule has 94 valence electrons. The van der Waals surface area contributed by atoms with E-state index in [0.29, 0.717) is 0 Å². The topological polar surface area (TPSA) is 75.6 Å². The number of carboxylic acids is 1. The molecule has 0 radical (unpaired) electrons. The minimum atomic E-state index is -0.928. The van der Waals surface area contributed by atoms with E-state index in [0.717, 1.165) is 12.8 Å². The van der Waals surface area contributed by atoms with E-state index in [-0.39, 0.29) is 24.8 Å². The molecule has 0 heterocycles. The predicted molar refractivity (Wildman–Crippen MR) is 60.1 cm³/mol. The SMILES string of the molecule is CCCC(C)C(=O)NCC(CC(=O)O)OC. The van der Waals surface area contributed by atoms with Gasteiger partial charge >= 0.3 is 5.97 Å². The Hall–Kier alpha value is -1.10. The fraction of sp³-hybridized carbons (Fsp3) is 0.818. The molecule has 2 N–H and O–H groups in total.